The second kappa shape index (κ2) is 7.97. The Balaban J connectivity index is 1.85. The van der Waals surface area contributed by atoms with Gasteiger partial charge in [-0.1, -0.05) is 42.5 Å². The van der Waals surface area contributed by atoms with E-state index in [1.54, 1.807) is 30.3 Å². The summed E-state index contributed by atoms with van der Waals surface area (Å²) in [6.45, 7) is 0. The number of aldehydes is 1. The van der Waals surface area contributed by atoms with E-state index in [1.165, 1.54) is 35.4 Å². The second-order valence-corrected chi connectivity index (χ2v) is 9.94. The molecule has 1 amide bonds. The molecule has 2 aromatic carbocycles. The molecule has 0 bridgehead atoms. The lowest BCUT2D eigenvalue weighted by atomic mass is 9.82. The van der Waals surface area contributed by atoms with E-state index in [9.17, 15) is 18.0 Å². The predicted molar refractivity (Wildman–Crippen MR) is 122 cm³/mol. The zero-order chi connectivity index (χ0) is 23.1. The molecule has 8 nitrogen and oxygen atoms in total. The molecular formula is C22H19N3O5S2. The Hall–Kier alpha value is -3.34. The summed E-state index contributed by atoms with van der Waals surface area (Å²) in [5, 5.41) is 0. The molecule has 0 radical (unpaired) electrons. The molecular weight excluding hydrogens is 450 g/mol. The van der Waals surface area contributed by atoms with Gasteiger partial charge in [0.2, 0.25) is 0 Å². The SMILES string of the molecule is CN1C(=O)C(c2ccc(CS(=O)(=O)O)cc2)(c2cccc(-c3ccc(C=O)s3)c2)N=C1N. The smallest absolute Gasteiger partial charge is 0.269 e. The number of thiophene rings is 1. The van der Waals surface area contributed by atoms with Crippen LogP contribution in [0, 0.1) is 0 Å². The number of guanidine groups is 1. The van der Waals surface area contributed by atoms with Crippen molar-refractivity contribution in [3.05, 3.63) is 82.2 Å². The van der Waals surface area contributed by atoms with Crippen LogP contribution < -0.4 is 5.73 Å². The molecule has 32 heavy (non-hydrogen) atoms. The van der Waals surface area contributed by atoms with Crippen LogP contribution in [0.4, 0.5) is 0 Å². The first kappa shape index (κ1) is 21.9. The summed E-state index contributed by atoms with van der Waals surface area (Å²) in [5.41, 5.74) is 6.84. The fourth-order valence-electron chi connectivity index (χ4n) is 3.71. The third-order valence-corrected chi connectivity index (χ3v) is 7.03. The van der Waals surface area contributed by atoms with Gasteiger partial charge in [-0.15, -0.1) is 11.3 Å². The Labute approximate surface area is 188 Å². The van der Waals surface area contributed by atoms with Gasteiger partial charge in [-0.25, -0.2) is 4.99 Å². The molecule has 2 heterocycles. The van der Waals surface area contributed by atoms with Crippen LogP contribution in [-0.4, -0.2) is 43.1 Å². The first-order chi connectivity index (χ1) is 15.1. The topological polar surface area (TPSA) is 130 Å². The minimum absolute atomic E-state index is 0.0572. The summed E-state index contributed by atoms with van der Waals surface area (Å²) in [5.74, 6) is -0.830. The van der Waals surface area contributed by atoms with Gasteiger partial charge in [-0.3, -0.25) is 19.0 Å². The predicted octanol–water partition coefficient (Wildman–Crippen LogP) is 2.65. The maximum atomic E-state index is 13.4. The molecule has 1 aliphatic heterocycles. The number of amides is 1. The molecule has 1 unspecified atom stereocenters. The summed E-state index contributed by atoms with van der Waals surface area (Å²) in [6, 6.07) is 17.1. The fraction of sp³-hybridized carbons (Fsp3) is 0.136. The highest BCUT2D eigenvalue weighted by atomic mass is 32.2. The third kappa shape index (κ3) is 3.83. The molecule has 0 spiro atoms. The van der Waals surface area contributed by atoms with Crippen molar-refractivity contribution in [3.8, 4) is 10.4 Å². The summed E-state index contributed by atoms with van der Waals surface area (Å²) >= 11 is 1.34. The minimum atomic E-state index is -4.19. The minimum Gasteiger partial charge on any atom is -0.369 e. The number of nitrogens with zero attached hydrogens (tertiary/aromatic N) is 2. The quantitative estimate of drug-likeness (QED) is 0.422. The van der Waals surface area contributed by atoms with Crippen LogP contribution in [0.25, 0.3) is 10.4 Å². The maximum absolute atomic E-state index is 13.4. The third-order valence-electron chi connectivity index (χ3n) is 5.27. The van der Waals surface area contributed by atoms with Gasteiger partial charge in [0.1, 0.15) is 5.75 Å². The first-order valence-corrected chi connectivity index (χ1v) is 11.9. The lowest BCUT2D eigenvalue weighted by Gasteiger charge is -2.26. The Bertz CT molecular complexity index is 1350. The second-order valence-electron chi connectivity index (χ2n) is 7.37. The van der Waals surface area contributed by atoms with E-state index in [-0.39, 0.29) is 11.9 Å². The van der Waals surface area contributed by atoms with Crippen molar-refractivity contribution in [1.82, 2.24) is 4.90 Å². The summed E-state index contributed by atoms with van der Waals surface area (Å²) in [4.78, 5) is 31.7. The van der Waals surface area contributed by atoms with Gasteiger partial charge < -0.3 is 5.73 Å². The molecule has 1 atom stereocenters. The molecule has 164 valence electrons. The zero-order valence-electron chi connectivity index (χ0n) is 16.9. The molecule has 0 fully saturated rings. The van der Waals surface area contributed by atoms with Crippen molar-refractivity contribution < 1.29 is 22.6 Å². The van der Waals surface area contributed by atoms with Crippen LogP contribution in [0.5, 0.6) is 0 Å². The van der Waals surface area contributed by atoms with Crippen LogP contribution in [0.2, 0.25) is 0 Å². The summed E-state index contributed by atoms with van der Waals surface area (Å²) in [7, 11) is -2.65. The molecule has 0 aliphatic carbocycles. The lowest BCUT2D eigenvalue weighted by Crippen LogP contribution is -2.41. The molecule has 3 aromatic rings. The van der Waals surface area contributed by atoms with Crippen molar-refractivity contribution in [1.29, 1.82) is 0 Å². The van der Waals surface area contributed by atoms with E-state index in [4.69, 9.17) is 10.3 Å². The van der Waals surface area contributed by atoms with Crippen molar-refractivity contribution in [2.75, 3.05) is 7.05 Å². The van der Waals surface area contributed by atoms with Crippen molar-refractivity contribution >= 4 is 39.6 Å². The van der Waals surface area contributed by atoms with Crippen LogP contribution in [-0.2, 0) is 26.2 Å². The standard InChI is InChI=1S/C22H19N3O5S2/c1-25-20(27)22(24-21(25)23,16-7-5-14(6-8-16)13-32(28,29)30)17-4-2-3-15(11-17)19-10-9-18(12-26)31-19/h2-12H,13H2,1H3,(H2,23,24)(H,28,29,30). The van der Waals surface area contributed by atoms with Gasteiger partial charge in [-0.2, -0.15) is 8.42 Å². The largest absolute Gasteiger partial charge is 0.369 e. The Morgan fingerprint density at radius 2 is 1.84 bits per heavy atom. The normalized spacial score (nSPS) is 18.6. The zero-order valence-corrected chi connectivity index (χ0v) is 18.6. The molecule has 0 saturated heterocycles. The van der Waals surface area contributed by atoms with E-state index >= 15 is 0 Å². The van der Waals surface area contributed by atoms with Crippen LogP contribution in [0.15, 0.2) is 65.7 Å². The van der Waals surface area contributed by atoms with E-state index in [0.717, 1.165) is 16.7 Å². The number of likely N-dealkylation sites (N-methyl/N-ethyl adjacent to an activating group) is 1. The van der Waals surface area contributed by atoms with Crippen LogP contribution in [0.3, 0.4) is 0 Å². The van der Waals surface area contributed by atoms with Crippen molar-refractivity contribution in [2.45, 2.75) is 11.3 Å². The number of rotatable bonds is 6. The highest BCUT2D eigenvalue weighted by Gasteiger charge is 2.49. The maximum Gasteiger partial charge on any atom is 0.269 e. The Morgan fingerprint density at radius 3 is 2.41 bits per heavy atom. The van der Waals surface area contributed by atoms with Crippen LogP contribution >= 0.6 is 11.3 Å². The number of hydrogen-bond donors (Lipinski definition) is 2. The highest BCUT2D eigenvalue weighted by molar-refractivity contribution is 7.85. The number of benzene rings is 2. The van der Waals surface area contributed by atoms with Crippen molar-refractivity contribution in [3.63, 3.8) is 0 Å². The van der Waals surface area contributed by atoms with Gasteiger partial charge in [0, 0.05) is 11.9 Å². The van der Waals surface area contributed by atoms with E-state index in [0.29, 0.717) is 21.6 Å². The highest BCUT2D eigenvalue weighted by Crippen LogP contribution is 2.41. The number of carbonyl (C=O) groups is 2. The van der Waals surface area contributed by atoms with Gasteiger partial charge in [0.15, 0.2) is 17.8 Å². The number of carbonyl (C=O) groups excluding carboxylic acids is 2. The van der Waals surface area contributed by atoms with E-state index < -0.39 is 21.4 Å². The Morgan fingerprint density at radius 1 is 1.12 bits per heavy atom. The summed E-state index contributed by atoms with van der Waals surface area (Å²) in [6.07, 6.45) is 0.786. The lowest BCUT2D eigenvalue weighted by molar-refractivity contribution is -0.129. The molecule has 1 aliphatic rings. The van der Waals surface area contributed by atoms with Gasteiger partial charge in [0.05, 0.1) is 4.88 Å². The monoisotopic (exact) mass is 469 g/mol. The Kier molecular flexibility index (Phi) is 5.45. The molecule has 1 aromatic heterocycles. The molecule has 3 N–H and O–H groups in total. The van der Waals surface area contributed by atoms with Gasteiger partial charge >= 0.3 is 0 Å². The average molecular weight is 470 g/mol. The molecule has 10 heteroatoms. The number of hydrogen-bond acceptors (Lipinski definition) is 7. The van der Waals surface area contributed by atoms with E-state index in [2.05, 4.69) is 4.99 Å². The number of aliphatic imine (C=N–C) groups is 1. The average Bonchev–Trinajstić information content (AvgIpc) is 3.33. The van der Waals surface area contributed by atoms with Crippen molar-refractivity contribution in [2.24, 2.45) is 10.7 Å². The van der Waals surface area contributed by atoms with E-state index in [1.807, 2.05) is 18.2 Å². The number of nitrogens with two attached hydrogens (primary N) is 1. The fourth-order valence-corrected chi connectivity index (χ4v) is 5.14. The first-order valence-electron chi connectivity index (χ1n) is 9.48. The summed E-state index contributed by atoms with van der Waals surface area (Å²) < 4.78 is 31.5. The van der Waals surface area contributed by atoms with Crippen LogP contribution in [0.1, 0.15) is 26.4 Å². The molecule has 0 saturated carbocycles. The van der Waals surface area contributed by atoms with Gasteiger partial charge in [0.25, 0.3) is 16.0 Å². The van der Waals surface area contributed by atoms with Gasteiger partial charge in [-0.05, 0) is 40.5 Å². The molecule has 4 rings (SSSR count).